The summed E-state index contributed by atoms with van der Waals surface area (Å²) in [4.78, 5) is 28.9. The fourth-order valence-electron chi connectivity index (χ4n) is 5.82. The van der Waals surface area contributed by atoms with Gasteiger partial charge in [-0.3, -0.25) is 10.1 Å². The number of aryl methyl sites for hydroxylation is 1. The van der Waals surface area contributed by atoms with Gasteiger partial charge in [-0.2, -0.15) is 0 Å². The summed E-state index contributed by atoms with van der Waals surface area (Å²) in [5, 5.41) is 4.01. The standard InChI is InChI=1S/C30H30N6O/c31-21-13-15-36(17-21)28-23-7-3-5-18-4-1-2-6-22(18)27(23)33-26-11-10-20(16-24(26)28)25-12-14-32-30(34-25)35-29(37)19-8-9-19/h1-2,4,6,10-12,14,16,19,21H,3,5,7-9,13,15,17,31H2,(H,32,34,35,37)/t21-/m0/s1. The molecule has 1 aliphatic heterocycles. The first-order valence-corrected chi connectivity index (χ1v) is 13.3. The molecule has 1 saturated carbocycles. The minimum Gasteiger partial charge on any atom is -0.369 e. The van der Waals surface area contributed by atoms with Crippen LogP contribution in [0.25, 0.3) is 33.4 Å². The molecule has 7 heteroatoms. The van der Waals surface area contributed by atoms with Gasteiger partial charge in [-0.05, 0) is 62.3 Å². The van der Waals surface area contributed by atoms with Gasteiger partial charge in [-0.1, -0.05) is 30.3 Å². The molecule has 37 heavy (non-hydrogen) atoms. The summed E-state index contributed by atoms with van der Waals surface area (Å²) in [7, 11) is 0. The first-order valence-electron chi connectivity index (χ1n) is 13.3. The van der Waals surface area contributed by atoms with Crippen LogP contribution in [0.2, 0.25) is 0 Å². The summed E-state index contributed by atoms with van der Waals surface area (Å²) in [6.07, 6.45) is 7.74. The van der Waals surface area contributed by atoms with Gasteiger partial charge >= 0.3 is 0 Å². The van der Waals surface area contributed by atoms with Gasteiger partial charge in [0.05, 0.1) is 22.6 Å². The first kappa shape index (κ1) is 22.4. The second kappa shape index (κ2) is 8.92. The second-order valence-electron chi connectivity index (χ2n) is 10.6. The van der Waals surface area contributed by atoms with E-state index in [0.717, 1.165) is 79.5 Å². The second-order valence-corrected chi connectivity index (χ2v) is 10.6. The highest BCUT2D eigenvalue weighted by molar-refractivity contribution is 5.99. The molecule has 0 bridgehead atoms. The molecular formula is C30H30N6O. The first-order chi connectivity index (χ1) is 18.1. The fraction of sp³-hybridized carbons (Fsp3) is 0.333. The molecule has 7 nitrogen and oxygen atoms in total. The maximum Gasteiger partial charge on any atom is 0.229 e. The lowest BCUT2D eigenvalue weighted by Crippen LogP contribution is -2.27. The van der Waals surface area contributed by atoms with E-state index in [-0.39, 0.29) is 17.9 Å². The van der Waals surface area contributed by atoms with Crippen LogP contribution in [0.15, 0.2) is 54.7 Å². The third kappa shape index (κ3) is 4.13. The number of carbonyl (C=O) groups is 1. The summed E-state index contributed by atoms with van der Waals surface area (Å²) in [5.41, 5.74) is 15.4. The van der Waals surface area contributed by atoms with Crippen LogP contribution in [0.4, 0.5) is 11.6 Å². The highest BCUT2D eigenvalue weighted by Gasteiger charge is 2.30. The van der Waals surface area contributed by atoms with E-state index in [1.165, 1.54) is 22.4 Å². The van der Waals surface area contributed by atoms with Gasteiger partial charge in [0, 0.05) is 53.3 Å². The molecule has 2 aromatic carbocycles. The molecule has 2 aromatic heterocycles. The number of nitrogens with two attached hydrogens (primary N) is 1. The molecule has 3 heterocycles. The van der Waals surface area contributed by atoms with E-state index in [2.05, 4.69) is 62.6 Å². The van der Waals surface area contributed by atoms with Crippen molar-refractivity contribution in [2.45, 2.75) is 44.6 Å². The molecule has 4 aromatic rings. The number of pyridine rings is 1. The Hall–Kier alpha value is -3.84. The normalized spacial score (nSPS) is 18.8. The smallest absolute Gasteiger partial charge is 0.229 e. The van der Waals surface area contributed by atoms with Gasteiger partial charge in [-0.15, -0.1) is 0 Å². The number of aromatic nitrogens is 3. The summed E-state index contributed by atoms with van der Waals surface area (Å²) in [5.74, 6) is 0.473. The zero-order valence-corrected chi connectivity index (χ0v) is 20.8. The zero-order chi connectivity index (χ0) is 24.9. The van der Waals surface area contributed by atoms with Crippen LogP contribution < -0.4 is 16.0 Å². The predicted octanol–water partition coefficient (Wildman–Crippen LogP) is 4.73. The zero-order valence-electron chi connectivity index (χ0n) is 20.8. The maximum absolute atomic E-state index is 12.3. The lowest BCUT2D eigenvalue weighted by atomic mass is 9.96. The van der Waals surface area contributed by atoms with Crippen molar-refractivity contribution in [1.29, 1.82) is 0 Å². The third-order valence-electron chi connectivity index (χ3n) is 7.88. The molecule has 0 spiro atoms. The minimum atomic E-state index is 0.00972. The Morgan fingerprint density at radius 3 is 2.76 bits per heavy atom. The van der Waals surface area contributed by atoms with E-state index in [1.807, 2.05) is 6.07 Å². The van der Waals surface area contributed by atoms with Gasteiger partial charge < -0.3 is 10.6 Å². The van der Waals surface area contributed by atoms with Gasteiger partial charge in [0.2, 0.25) is 11.9 Å². The molecule has 1 saturated heterocycles. The van der Waals surface area contributed by atoms with Crippen molar-refractivity contribution in [3.63, 3.8) is 0 Å². The highest BCUT2D eigenvalue weighted by atomic mass is 16.2. The topological polar surface area (TPSA) is 97.0 Å². The van der Waals surface area contributed by atoms with Gasteiger partial charge in [0.25, 0.3) is 0 Å². The number of fused-ring (bicyclic) bond motifs is 4. The maximum atomic E-state index is 12.3. The molecular weight excluding hydrogens is 460 g/mol. The van der Waals surface area contributed by atoms with Crippen LogP contribution in [-0.4, -0.2) is 40.0 Å². The van der Waals surface area contributed by atoms with Gasteiger partial charge in [0.1, 0.15) is 0 Å². The van der Waals surface area contributed by atoms with Crippen molar-refractivity contribution < 1.29 is 4.79 Å². The molecule has 2 aliphatic carbocycles. The lowest BCUT2D eigenvalue weighted by molar-refractivity contribution is -0.117. The number of rotatable bonds is 4. The van der Waals surface area contributed by atoms with E-state index in [4.69, 9.17) is 10.7 Å². The SMILES string of the molecule is N[C@H]1CCN(c2c3c(nc4ccc(-c5ccnc(NC(=O)C6CC6)n5)cc24)-c2ccccc2CCC3)C1. The fourth-order valence-corrected chi connectivity index (χ4v) is 5.82. The molecule has 0 unspecified atom stereocenters. The van der Waals surface area contributed by atoms with Gasteiger partial charge in [0.15, 0.2) is 0 Å². The van der Waals surface area contributed by atoms with Crippen LogP contribution in [0, 0.1) is 5.92 Å². The Bertz CT molecular complexity index is 1530. The van der Waals surface area contributed by atoms with Crippen LogP contribution >= 0.6 is 0 Å². The Morgan fingerprint density at radius 1 is 1.03 bits per heavy atom. The summed E-state index contributed by atoms with van der Waals surface area (Å²) >= 11 is 0. The number of nitrogens with one attached hydrogen (secondary N) is 1. The number of hydrogen-bond acceptors (Lipinski definition) is 6. The van der Waals surface area contributed by atoms with Crippen LogP contribution in [-0.2, 0) is 17.6 Å². The van der Waals surface area contributed by atoms with Crippen LogP contribution in [0.3, 0.4) is 0 Å². The average molecular weight is 491 g/mol. The molecule has 0 radical (unpaired) electrons. The highest BCUT2D eigenvalue weighted by Crippen LogP contribution is 2.42. The van der Waals surface area contributed by atoms with E-state index in [0.29, 0.717) is 5.95 Å². The Balaban J connectivity index is 1.38. The van der Waals surface area contributed by atoms with E-state index >= 15 is 0 Å². The number of amides is 1. The summed E-state index contributed by atoms with van der Waals surface area (Å²) < 4.78 is 0. The Morgan fingerprint density at radius 2 is 1.92 bits per heavy atom. The number of anilines is 2. The monoisotopic (exact) mass is 490 g/mol. The Kier molecular flexibility index (Phi) is 5.39. The molecule has 7 rings (SSSR count). The lowest BCUT2D eigenvalue weighted by Gasteiger charge is -2.26. The average Bonchev–Trinajstić information content (AvgIpc) is 3.71. The van der Waals surface area contributed by atoms with Crippen LogP contribution in [0.1, 0.15) is 36.8 Å². The molecule has 3 N–H and O–H groups in total. The third-order valence-corrected chi connectivity index (χ3v) is 7.88. The van der Waals surface area contributed by atoms with Gasteiger partial charge in [-0.25, -0.2) is 15.0 Å². The number of nitrogens with zero attached hydrogens (tertiary/aromatic N) is 4. The van der Waals surface area contributed by atoms with Crippen molar-refractivity contribution in [1.82, 2.24) is 15.0 Å². The Labute approximate surface area is 216 Å². The van der Waals surface area contributed by atoms with Crippen LogP contribution in [0.5, 0.6) is 0 Å². The van der Waals surface area contributed by atoms with E-state index in [1.54, 1.807) is 6.20 Å². The number of benzene rings is 2. The quantitative estimate of drug-likeness (QED) is 0.429. The van der Waals surface area contributed by atoms with Crippen molar-refractivity contribution in [3.8, 4) is 22.5 Å². The molecule has 1 amide bonds. The molecule has 186 valence electrons. The van der Waals surface area contributed by atoms with E-state index in [9.17, 15) is 4.79 Å². The summed E-state index contributed by atoms with van der Waals surface area (Å²) in [6.45, 7) is 1.80. The van der Waals surface area contributed by atoms with Crippen molar-refractivity contribution in [3.05, 3.63) is 65.9 Å². The molecule has 2 fully saturated rings. The van der Waals surface area contributed by atoms with Crippen molar-refractivity contribution in [2.75, 3.05) is 23.3 Å². The van der Waals surface area contributed by atoms with E-state index < -0.39 is 0 Å². The molecule has 3 aliphatic rings. The predicted molar refractivity (Wildman–Crippen MR) is 146 cm³/mol. The molecule has 1 atom stereocenters. The van der Waals surface area contributed by atoms with Crippen molar-refractivity contribution in [2.24, 2.45) is 11.7 Å². The largest absolute Gasteiger partial charge is 0.369 e. The summed E-state index contributed by atoms with van der Waals surface area (Å²) in [6, 6.07) is 17.1. The number of hydrogen-bond donors (Lipinski definition) is 2. The van der Waals surface area contributed by atoms with Crippen molar-refractivity contribution >= 4 is 28.4 Å². The minimum absolute atomic E-state index is 0.00972. The number of carbonyl (C=O) groups excluding carboxylic acids is 1.